The largest absolute Gasteiger partial charge is 0.384 e. The molecule has 27 heavy (non-hydrogen) atoms. The van der Waals surface area contributed by atoms with Crippen molar-refractivity contribution in [2.45, 2.75) is 6.42 Å². The van der Waals surface area contributed by atoms with E-state index in [-0.39, 0.29) is 0 Å². The molecule has 0 spiro atoms. The van der Waals surface area contributed by atoms with Crippen molar-refractivity contribution in [3.63, 3.8) is 0 Å². The highest BCUT2D eigenvalue weighted by molar-refractivity contribution is 5.96. The Morgan fingerprint density at radius 2 is 1.81 bits per heavy atom. The number of nitrogens with zero attached hydrogens (tertiary/aromatic N) is 1. The van der Waals surface area contributed by atoms with E-state index in [9.17, 15) is 0 Å². The predicted molar refractivity (Wildman–Crippen MR) is 111 cm³/mol. The molecule has 0 amide bonds. The standard InChI is InChI=1S/C12H11N.C11H8N2O/c1-2-4-11-9(3-1)5-6-10-7-8-13-12(10)11;1-2-9-10(12-6-1)4-3-8-5-7-13-14-11(8)9/h1-6,13H,7-8H2;1-7,13H. The number of rotatable bonds is 0. The lowest BCUT2D eigenvalue weighted by molar-refractivity contribution is 0.242. The van der Waals surface area contributed by atoms with Gasteiger partial charge in [0.15, 0.2) is 5.75 Å². The van der Waals surface area contributed by atoms with Crippen LogP contribution in [0.5, 0.6) is 5.75 Å². The second kappa shape index (κ2) is 6.65. The van der Waals surface area contributed by atoms with Gasteiger partial charge < -0.3 is 10.2 Å². The van der Waals surface area contributed by atoms with Gasteiger partial charge in [-0.05, 0) is 47.7 Å². The number of anilines is 1. The number of nitrogens with one attached hydrogen (secondary N) is 2. The fourth-order valence-electron chi connectivity index (χ4n) is 3.66. The quantitative estimate of drug-likeness (QED) is 0.471. The molecule has 4 nitrogen and oxygen atoms in total. The molecule has 0 atom stereocenters. The fraction of sp³-hybridized carbons (Fsp3) is 0.0870. The van der Waals surface area contributed by atoms with Crippen LogP contribution in [0.25, 0.3) is 27.8 Å². The van der Waals surface area contributed by atoms with Gasteiger partial charge in [0.2, 0.25) is 0 Å². The molecule has 6 rings (SSSR count). The van der Waals surface area contributed by atoms with E-state index >= 15 is 0 Å². The van der Waals surface area contributed by atoms with Crippen LogP contribution in [0, 0.1) is 0 Å². The van der Waals surface area contributed by atoms with Gasteiger partial charge in [-0.3, -0.25) is 4.98 Å². The Morgan fingerprint density at radius 3 is 2.81 bits per heavy atom. The van der Waals surface area contributed by atoms with E-state index in [1.807, 2.05) is 30.3 Å². The van der Waals surface area contributed by atoms with Gasteiger partial charge in [0.05, 0.1) is 5.52 Å². The Morgan fingerprint density at radius 1 is 0.889 bits per heavy atom. The summed E-state index contributed by atoms with van der Waals surface area (Å²) in [5.74, 6) is 0.845. The van der Waals surface area contributed by atoms with E-state index in [2.05, 4.69) is 52.2 Å². The second-order valence-corrected chi connectivity index (χ2v) is 6.60. The normalized spacial score (nSPS) is 13.6. The highest BCUT2D eigenvalue weighted by Gasteiger charge is 2.12. The van der Waals surface area contributed by atoms with Crippen LogP contribution < -0.4 is 15.6 Å². The van der Waals surface area contributed by atoms with Crippen molar-refractivity contribution in [3.05, 3.63) is 84.2 Å². The maximum absolute atomic E-state index is 5.36. The van der Waals surface area contributed by atoms with Crippen molar-refractivity contribution in [1.29, 1.82) is 0 Å². The van der Waals surface area contributed by atoms with Gasteiger partial charge in [0, 0.05) is 41.0 Å². The van der Waals surface area contributed by atoms with Crippen molar-refractivity contribution >= 4 is 33.4 Å². The molecule has 4 heteroatoms. The Labute approximate surface area is 157 Å². The van der Waals surface area contributed by atoms with Crippen LogP contribution in [0.3, 0.4) is 0 Å². The molecule has 3 aromatic carbocycles. The first kappa shape index (κ1) is 15.7. The maximum atomic E-state index is 5.36. The van der Waals surface area contributed by atoms with Crippen molar-refractivity contribution in [1.82, 2.24) is 10.5 Å². The topological polar surface area (TPSA) is 46.2 Å². The molecule has 3 heterocycles. The molecule has 1 aromatic heterocycles. The van der Waals surface area contributed by atoms with Gasteiger partial charge in [-0.25, -0.2) is 5.48 Å². The minimum Gasteiger partial charge on any atom is -0.384 e. The van der Waals surface area contributed by atoms with Gasteiger partial charge in [-0.2, -0.15) is 0 Å². The van der Waals surface area contributed by atoms with Gasteiger partial charge in [0.1, 0.15) is 0 Å². The van der Waals surface area contributed by atoms with Gasteiger partial charge >= 0.3 is 0 Å². The lowest BCUT2D eigenvalue weighted by Crippen LogP contribution is -2.14. The molecular formula is C23H19N3O. The molecule has 0 saturated carbocycles. The summed E-state index contributed by atoms with van der Waals surface area (Å²) >= 11 is 0. The number of benzene rings is 3. The summed E-state index contributed by atoms with van der Waals surface area (Å²) in [6.07, 6.45) is 6.69. The third-order valence-electron chi connectivity index (χ3n) is 4.97. The minimum atomic E-state index is 0.845. The molecule has 0 saturated heterocycles. The first-order valence-corrected chi connectivity index (χ1v) is 9.11. The van der Waals surface area contributed by atoms with Crippen LogP contribution in [0.1, 0.15) is 11.1 Å². The van der Waals surface area contributed by atoms with Crippen molar-refractivity contribution in [2.75, 3.05) is 11.9 Å². The molecule has 0 aliphatic carbocycles. The average Bonchev–Trinajstić information content (AvgIpc) is 3.24. The predicted octanol–water partition coefficient (Wildman–Crippen LogP) is 4.91. The third kappa shape index (κ3) is 2.85. The third-order valence-corrected chi connectivity index (χ3v) is 4.97. The molecule has 132 valence electrons. The number of hydroxylamine groups is 1. The Hall–Kier alpha value is -3.53. The first-order chi connectivity index (χ1) is 13.4. The molecule has 0 unspecified atom stereocenters. The molecule has 2 N–H and O–H groups in total. The lowest BCUT2D eigenvalue weighted by atomic mass is 10.0. The average molecular weight is 353 g/mol. The Balaban J connectivity index is 0.000000119. The number of aromatic nitrogens is 1. The second-order valence-electron chi connectivity index (χ2n) is 6.60. The van der Waals surface area contributed by atoms with Crippen LogP contribution in [-0.4, -0.2) is 11.5 Å². The zero-order valence-electron chi connectivity index (χ0n) is 14.8. The highest BCUT2D eigenvalue weighted by atomic mass is 16.6. The van der Waals surface area contributed by atoms with E-state index in [1.165, 1.54) is 28.4 Å². The molecule has 0 bridgehead atoms. The van der Waals surface area contributed by atoms with Gasteiger partial charge in [-0.1, -0.05) is 36.4 Å². The number of hydrogen-bond acceptors (Lipinski definition) is 4. The van der Waals surface area contributed by atoms with Gasteiger partial charge in [0.25, 0.3) is 0 Å². The van der Waals surface area contributed by atoms with E-state index in [0.717, 1.165) is 28.8 Å². The molecular weight excluding hydrogens is 334 g/mol. The van der Waals surface area contributed by atoms with Gasteiger partial charge in [-0.15, -0.1) is 0 Å². The monoisotopic (exact) mass is 353 g/mol. The maximum Gasteiger partial charge on any atom is 0.171 e. The zero-order chi connectivity index (χ0) is 18.1. The number of hydrogen-bond donors (Lipinski definition) is 2. The summed E-state index contributed by atoms with van der Waals surface area (Å²) in [5.41, 5.74) is 7.55. The molecule has 4 aromatic rings. The van der Waals surface area contributed by atoms with Crippen LogP contribution in [0.2, 0.25) is 0 Å². The summed E-state index contributed by atoms with van der Waals surface area (Å²) in [6.45, 7) is 1.09. The molecule has 0 fully saturated rings. The SMILES string of the molecule is C1=Cc2ccc3ncccc3c2ON1.c1ccc2c3c(ccc2c1)CCN3. The van der Waals surface area contributed by atoms with Crippen molar-refractivity contribution in [2.24, 2.45) is 0 Å². The van der Waals surface area contributed by atoms with Crippen molar-refractivity contribution in [3.8, 4) is 5.75 Å². The smallest absolute Gasteiger partial charge is 0.171 e. The number of pyridine rings is 1. The Kier molecular flexibility index (Phi) is 3.87. The summed E-state index contributed by atoms with van der Waals surface area (Å²) in [4.78, 5) is 9.62. The minimum absolute atomic E-state index is 0.845. The van der Waals surface area contributed by atoms with E-state index in [4.69, 9.17) is 4.84 Å². The summed E-state index contributed by atoms with van der Waals surface area (Å²) in [5, 5.41) is 7.16. The van der Waals surface area contributed by atoms with Crippen LogP contribution in [0.15, 0.2) is 73.1 Å². The zero-order valence-corrected chi connectivity index (χ0v) is 14.8. The number of fused-ring (bicyclic) bond motifs is 6. The summed E-state index contributed by atoms with van der Waals surface area (Å²) in [6, 6.07) is 20.9. The van der Waals surface area contributed by atoms with E-state index in [1.54, 1.807) is 12.4 Å². The van der Waals surface area contributed by atoms with Crippen LogP contribution >= 0.6 is 0 Å². The van der Waals surface area contributed by atoms with E-state index in [0.29, 0.717) is 0 Å². The molecule has 0 radical (unpaired) electrons. The van der Waals surface area contributed by atoms with Crippen LogP contribution in [-0.2, 0) is 6.42 Å². The van der Waals surface area contributed by atoms with Crippen LogP contribution in [0.4, 0.5) is 5.69 Å². The Bertz CT molecular complexity index is 1170. The van der Waals surface area contributed by atoms with E-state index < -0.39 is 0 Å². The summed E-state index contributed by atoms with van der Waals surface area (Å²) < 4.78 is 0. The summed E-state index contributed by atoms with van der Waals surface area (Å²) in [7, 11) is 0. The molecule has 2 aliphatic rings. The highest BCUT2D eigenvalue weighted by Crippen LogP contribution is 2.31. The van der Waals surface area contributed by atoms with Crippen molar-refractivity contribution < 1.29 is 4.84 Å². The lowest BCUT2D eigenvalue weighted by Gasteiger charge is -2.14. The fourth-order valence-corrected chi connectivity index (χ4v) is 3.66. The molecule has 2 aliphatic heterocycles. The first-order valence-electron chi connectivity index (χ1n) is 9.11.